The van der Waals surface area contributed by atoms with E-state index in [1.54, 1.807) is 0 Å². The zero-order chi connectivity index (χ0) is 9.14. The molecule has 0 spiro atoms. The summed E-state index contributed by atoms with van der Waals surface area (Å²) in [7, 11) is 0. The van der Waals surface area contributed by atoms with E-state index in [1.807, 2.05) is 25.1 Å². The molecule has 1 aromatic rings. The molecule has 0 saturated heterocycles. The third-order valence-corrected chi connectivity index (χ3v) is 2.13. The van der Waals surface area contributed by atoms with E-state index in [2.05, 4.69) is 15.9 Å². The van der Waals surface area contributed by atoms with Gasteiger partial charge >= 0.3 is 0 Å². The molecule has 1 aromatic carbocycles. The lowest BCUT2D eigenvalue weighted by atomic mass is 10.1. The Kier molecular flexibility index (Phi) is 3.26. The lowest BCUT2D eigenvalue weighted by Gasteiger charge is -2.09. The van der Waals surface area contributed by atoms with Crippen molar-refractivity contribution in [1.29, 1.82) is 0 Å². The van der Waals surface area contributed by atoms with E-state index in [4.69, 9.17) is 5.73 Å². The number of aliphatic hydroxyl groups is 1. The fourth-order valence-corrected chi connectivity index (χ4v) is 1.72. The van der Waals surface area contributed by atoms with E-state index in [9.17, 15) is 5.11 Å². The predicted molar refractivity (Wildman–Crippen MR) is 52.9 cm³/mol. The first-order valence-corrected chi connectivity index (χ1v) is 4.58. The largest absolute Gasteiger partial charge is 0.387 e. The van der Waals surface area contributed by atoms with Crippen LogP contribution in [0.2, 0.25) is 0 Å². The lowest BCUT2D eigenvalue weighted by Crippen LogP contribution is -2.11. The Bertz CT molecular complexity index is 255. The zero-order valence-corrected chi connectivity index (χ0v) is 8.51. The minimum absolute atomic E-state index is 0.260. The van der Waals surface area contributed by atoms with Gasteiger partial charge in [0.25, 0.3) is 0 Å². The van der Waals surface area contributed by atoms with Crippen LogP contribution in [0.4, 0.5) is 0 Å². The maximum atomic E-state index is 9.43. The van der Waals surface area contributed by atoms with Crippen LogP contribution < -0.4 is 5.73 Å². The second-order valence-corrected chi connectivity index (χ2v) is 3.73. The number of halogens is 1. The highest BCUT2D eigenvalue weighted by Crippen LogP contribution is 2.19. The predicted octanol–water partition coefficient (Wildman–Crippen LogP) is 1.75. The first-order chi connectivity index (χ1) is 5.63. The van der Waals surface area contributed by atoms with E-state index in [-0.39, 0.29) is 6.54 Å². The third-order valence-electron chi connectivity index (χ3n) is 1.67. The molecule has 1 unspecified atom stereocenters. The molecule has 66 valence electrons. The molecule has 1 rings (SSSR count). The Morgan fingerprint density at radius 1 is 1.50 bits per heavy atom. The summed E-state index contributed by atoms with van der Waals surface area (Å²) in [4.78, 5) is 0. The van der Waals surface area contributed by atoms with Gasteiger partial charge in [0.15, 0.2) is 0 Å². The zero-order valence-electron chi connectivity index (χ0n) is 6.92. The lowest BCUT2D eigenvalue weighted by molar-refractivity contribution is 0.186. The summed E-state index contributed by atoms with van der Waals surface area (Å²) >= 11 is 3.36. The Morgan fingerprint density at radius 3 is 2.67 bits per heavy atom. The van der Waals surface area contributed by atoms with E-state index in [0.29, 0.717) is 0 Å². The van der Waals surface area contributed by atoms with Gasteiger partial charge in [0.05, 0.1) is 6.10 Å². The third kappa shape index (κ3) is 2.30. The number of rotatable bonds is 2. The Labute approximate surface area is 80.5 Å². The van der Waals surface area contributed by atoms with Crippen LogP contribution in [-0.2, 0) is 0 Å². The first kappa shape index (κ1) is 9.71. The number of benzene rings is 1. The SMILES string of the molecule is Cc1cc(Br)cc(C(O)CN)c1. The van der Waals surface area contributed by atoms with Crippen LogP contribution in [0, 0.1) is 6.92 Å². The van der Waals surface area contributed by atoms with Crippen molar-refractivity contribution < 1.29 is 5.11 Å². The summed E-state index contributed by atoms with van der Waals surface area (Å²) in [5, 5.41) is 9.43. The van der Waals surface area contributed by atoms with Crippen molar-refractivity contribution in [2.24, 2.45) is 5.73 Å². The summed E-state index contributed by atoms with van der Waals surface area (Å²) in [6.07, 6.45) is -0.554. The topological polar surface area (TPSA) is 46.2 Å². The maximum Gasteiger partial charge on any atom is 0.0912 e. The quantitative estimate of drug-likeness (QED) is 0.812. The van der Waals surface area contributed by atoms with Crippen molar-refractivity contribution in [1.82, 2.24) is 0 Å². The van der Waals surface area contributed by atoms with Crippen molar-refractivity contribution in [2.45, 2.75) is 13.0 Å². The molecule has 0 aromatic heterocycles. The second-order valence-electron chi connectivity index (χ2n) is 2.81. The molecular weight excluding hydrogens is 218 g/mol. The normalized spacial score (nSPS) is 13.0. The highest BCUT2D eigenvalue weighted by atomic mass is 79.9. The van der Waals surface area contributed by atoms with Gasteiger partial charge < -0.3 is 10.8 Å². The van der Waals surface area contributed by atoms with Crippen molar-refractivity contribution >= 4 is 15.9 Å². The fourth-order valence-electron chi connectivity index (χ4n) is 1.09. The highest BCUT2D eigenvalue weighted by molar-refractivity contribution is 9.10. The summed E-state index contributed by atoms with van der Waals surface area (Å²) < 4.78 is 0.977. The molecule has 0 fully saturated rings. The Balaban J connectivity index is 3.00. The molecule has 0 bridgehead atoms. The number of aliphatic hydroxyl groups excluding tert-OH is 1. The highest BCUT2D eigenvalue weighted by Gasteiger charge is 2.05. The van der Waals surface area contributed by atoms with Gasteiger partial charge in [0, 0.05) is 11.0 Å². The molecule has 0 amide bonds. The van der Waals surface area contributed by atoms with Crippen LogP contribution in [0.25, 0.3) is 0 Å². The van der Waals surface area contributed by atoms with Gasteiger partial charge in [-0.2, -0.15) is 0 Å². The van der Waals surface area contributed by atoms with Crippen LogP contribution in [0.1, 0.15) is 17.2 Å². The van der Waals surface area contributed by atoms with Crippen molar-refractivity contribution in [3.8, 4) is 0 Å². The maximum absolute atomic E-state index is 9.43. The second kappa shape index (κ2) is 4.03. The van der Waals surface area contributed by atoms with Gasteiger partial charge in [-0.1, -0.05) is 22.0 Å². The molecule has 0 radical (unpaired) electrons. The minimum Gasteiger partial charge on any atom is -0.387 e. The van der Waals surface area contributed by atoms with Gasteiger partial charge in [0.1, 0.15) is 0 Å². The van der Waals surface area contributed by atoms with E-state index < -0.39 is 6.10 Å². The standard InChI is InChI=1S/C9H12BrNO/c1-6-2-7(9(12)5-11)4-8(10)3-6/h2-4,9,12H,5,11H2,1H3. The van der Waals surface area contributed by atoms with Gasteiger partial charge in [-0.3, -0.25) is 0 Å². The Hall–Kier alpha value is -0.380. The van der Waals surface area contributed by atoms with Crippen molar-refractivity contribution in [2.75, 3.05) is 6.54 Å². The molecule has 0 aliphatic carbocycles. The van der Waals surface area contributed by atoms with Crippen molar-refractivity contribution in [3.05, 3.63) is 33.8 Å². The van der Waals surface area contributed by atoms with E-state index in [1.165, 1.54) is 0 Å². The monoisotopic (exact) mass is 229 g/mol. The van der Waals surface area contributed by atoms with Gasteiger partial charge in [0.2, 0.25) is 0 Å². The summed E-state index contributed by atoms with van der Waals surface area (Å²) in [6.45, 7) is 2.24. The molecule has 1 atom stereocenters. The number of hydrogen-bond acceptors (Lipinski definition) is 2. The molecule has 3 N–H and O–H groups in total. The molecule has 3 heteroatoms. The molecule has 0 heterocycles. The average Bonchev–Trinajstić information content (AvgIpc) is 2.01. The van der Waals surface area contributed by atoms with Crippen LogP contribution in [0.15, 0.2) is 22.7 Å². The van der Waals surface area contributed by atoms with Gasteiger partial charge in [-0.15, -0.1) is 0 Å². The molecule has 2 nitrogen and oxygen atoms in total. The van der Waals surface area contributed by atoms with Crippen LogP contribution in [0.5, 0.6) is 0 Å². The smallest absolute Gasteiger partial charge is 0.0912 e. The number of hydrogen-bond donors (Lipinski definition) is 2. The number of nitrogens with two attached hydrogens (primary N) is 1. The molecule has 0 aliphatic rings. The van der Waals surface area contributed by atoms with Crippen LogP contribution in [-0.4, -0.2) is 11.7 Å². The average molecular weight is 230 g/mol. The molecule has 0 aliphatic heterocycles. The van der Waals surface area contributed by atoms with Gasteiger partial charge in [-0.25, -0.2) is 0 Å². The molecule has 12 heavy (non-hydrogen) atoms. The fraction of sp³-hybridized carbons (Fsp3) is 0.333. The van der Waals surface area contributed by atoms with Crippen molar-refractivity contribution in [3.63, 3.8) is 0 Å². The summed E-state index contributed by atoms with van der Waals surface area (Å²) in [5.74, 6) is 0. The summed E-state index contributed by atoms with van der Waals surface area (Å²) in [5.41, 5.74) is 7.32. The minimum atomic E-state index is -0.554. The molecule has 0 saturated carbocycles. The van der Waals surface area contributed by atoms with Gasteiger partial charge in [-0.05, 0) is 30.2 Å². The summed E-state index contributed by atoms with van der Waals surface area (Å²) in [6, 6.07) is 5.81. The first-order valence-electron chi connectivity index (χ1n) is 3.78. The van der Waals surface area contributed by atoms with Crippen LogP contribution >= 0.6 is 15.9 Å². The van der Waals surface area contributed by atoms with E-state index in [0.717, 1.165) is 15.6 Å². The Morgan fingerprint density at radius 2 is 2.17 bits per heavy atom. The van der Waals surface area contributed by atoms with E-state index >= 15 is 0 Å². The molecular formula is C9H12BrNO. The number of aryl methyl sites for hydroxylation is 1. The van der Waals surface area contributed by atoms with Crippen LogP contribution in [0.3, 0.4) is 0 Å².